The maximum Gasteiger partial charge on any atom is 0.253 e. The van der Waals surface area contributed by atoms with E-state index in [2.05, 4.69) is 29.4 Å². The summed E-state index contributed by atoms with van der Waals surface area (Å²) in [5, 5.41) is 2.56. The average molecular weight is 270 g/mol. The Kier molecular flexibility index (Phi) is 4.35. The molecule has 4 heteroatoms. The Morgan fingerprint density at radius 3 is 2.30 bits per heavy atom. The van der Waals surface area contributed by atoms with Crippen molar-refractivity contribution in [3.63, 3.8) is 0 Å². The first-order valence-electron chi connectivity index (χ1n) is 6.66. The molecular formula is C16H18N2O2. The number of benzene rings is 1. The molecule has 0 bridgehead atoms. The molecule has 0 unspecified atom stereocenters. The van der Waals surface area contributed by atoms with Crippen molar-refractivity contribution in [2.45, 2.75) is 26.7 Å². The number of hydrogen-bond donors (Lipinski definition) is 2. The molecule has 4 nitrogen and oxygen atoms in total. The van der Waals surface area contributed by atoms with Crippen LogP contribution in [-0.2, 0) is 17.6 Å². The second kappa shape index (κ2) is 6.19. The van der Waals surface area contributed by atoms with E-state index in [9.17, 15) is 9.59 Å². The Balaban J connectivity index is 2.16. The summed E-state index contributed by atoms with van der Waals surface area (Å²) >= 11 is 0. The van der Waals surface area contributed by atoms with E-state index in [0.717, 1.165) is 12.0 Å². The lowest BCUT2D eigenvalue weighted by Crippen LogP contribution is -2.17. The normalized spacial score (nSPS) is 10.3. The molecule has 0 fully saturated rings. The minimum atomic E-state index is -0.205. The molecule has 1 aromatic heterocycles. The van der Waals surface area contributed by atoms with Crippen molar-refractivity contribution in [1.29, 1.82) is 0 Å². The van der Waals surface area contributed by atoms with Gasteiger partial charge in [-0.3, -0.25) is 9.59 Å². The summed E-state index contributed by atoms with van der Waals surface area (Å²) in [5.41, 5.74) is 2.89. The molecule has 0 saturated carbocycles. The van der Waals surface area contributed by atoms with Crippen molar-refractivity contribution < 1.29 is 4.79 Å². The van der Waals surface area contributed by atoms with Gasteiger partial charge in [0, 0.05) is 18.9 Å². The van der Waals surface area contributed by atoms with Gasteiger partial charge in [-0.2, -0.15) is 0 Å². The number of aryl methyl sites for hydroxylation is 1. The van der Waals surface area contributed by atoms with E-state index in [0.29, 0.717) is 17.8 Å². The van der Waals surface area contributed by atoms with Crippen LogP contribution in [0.5, 0.6) is 0 Å². The van der Waals surface area contributed by atoms with Crippen LogP contribution in [0.3, 0.4) is 0 Å². The summed E-state index contributed by atoms with van der Waals surface area (Å²) in [4.78, 5) is 25.5. The standard InChI is InChI=1S/C16H18N2O2/c1-3-12-4-6-13(7-5-12)10-14-8-9-15(17-11(2)19)18-16(14)20/h4-9H,3,10H2,1-2H3,(H2,17,18,19,20). The fourth-order valence-electron chi connectivity index (χ4n) is 2.02. The molecule has 0 aliphatic carbocycles. The molecular weight excluding hydrogens is 252 g/mol. The van der Waals surface area contributed by atoms with Gasteiger partial charge in [-0.25, -0.2) is 0 Å². The summed E-state index contributed by atoms with van der Waals surface area (Å²) in [5.74, 6) is 0.219. The van der Waals surface area contributed by atoms with Crippen molar-refractivity contribution >= 4 is 11.7 Å². The molecule has 0 radical (unpaired) electrons. The lowest BCUT2D eigenvalue weighted by Gasteiger charge is -2.05. The predicted molar refractivity (Wildman–Crippen MR) is 80.0 cm³/mol. The number of amides is 1. The second-order valence-corrected chi connectivity index (χ2v) is 4.75. The lowest BCUT2D eigenvalue weighted by atomic mass is 10.0. The van der Waals surface area contributed by atoms with Gasteiger partial charge in [0.1, 0.15) is 5.82 Å². The summed E-state index contributed by atoms with van der Waals surface area (Å²) in [7, 11) is 0. The molecule has 1 heterocycles. The van der Waals surface area contributed by atoms with Crippen LogP contribution in [0.2, 0.25) is 0 Å². The molecule has 20 heavy (non-hydrogen) atoms. The largest absolute Gasteiger partial charge is 0.312 e. The first-order chi connectivity index (χ1) is 9.58. The highest BCUT2D eigenvalue weighted by Crippen LogP contribution is 2.10. The van der Waals surface area contributed by atoms with Crippen LogP contribution in [0.4, 0.5) is 5.82 Å². The van der Waals surface area contributed by atoms with Gasteiger partial charge in [-0.15, -0.1) is 0 Å². The molecule has 2 N–H and O–H groups in total. The summed E-state index contributed by atoms with van der Waals surface area (Å²) in [6.07, 6.45) is 1.59. The third-order valence-electron chi connectivity index (χ3n) is 3.13. The van der Waals surface area contributed by atoms with E-state index in [1.807, 2.05) is 12.1 Å². The fourth-order valence-corrected chi connectivity index (χ4v) is 2.02. The van der Waals surface area contributed by atoms with E-state index in [1.54, 1.807) is 12.1 Å². The summed E-state index contributed by atoms with van der Waals surface area (Å²) < 4.78 is 0. The number of nitrogens with one attached hydrogen (secondary N) is 2. The van der Waals surface area contributed by atoms with Gasteiger partial charge >= 0.3 is 0 Å². The zero-order valence-electron chi connectivity index (χ0n) is 11.7. The van der Waals surface area contributed by atoms with Gasteiger partial charge < -0.3 is 10.3 Å². The van der Waals surface area contributed by atoms with Crippen LogP contribution in [0, 0.1) is 0 Å². The Morgan fingerprint density at radius 2 is 1.75 bits per heavy atom. The third kappa shape index (κ3) is 3.57. The van der Waals surface area contributed by atoms with E-state index < -0.39 is 0 Å². The molecule has 0 spiro atoms. The molecule has 1 aromatic carbocycles. The first kappa shape index (κ1) is 14.1. The monoisotopic (exact) mass is 270 g/mol. The smallest absolute Gasteiger partial charge is 0.253 e. The second-order valence-electron chi connectivity index (χ2n) is 4.75. The zero-order chi connectivity index (χ0) is 14.5. The van der Waals surface area contributed by atoms with Crippen molar-refractivity contribution in [3.8, 4) is 0 Å². The lowest BCUT2D eigenvalue weighted by molar-refractivity contribution is -0.114. The molecule has 104 valence electrons. The molecule has 2 rings (SSSR count). The van der Waals surface area contributed by atoms with Crippen LogP contribution < -0.4 is 10.9 Å². The van der Waals surface area contributed by atoms with Crippen molar-refractivity contribution in [2.24, 2.45) is 0 Å². The highest BCUT2D eigenvalue weighted by molar-refractivity contribution is 5.87. The van der Waals surface area contributed by atoms with Gasteiger partial charge in [0.25, 0.3) is 5.56 Å². The highest BCUT2D eigenvalue weighted by atomic mass is 16.1. The number of H-pyrrole nitrogens is 1. The molecule has 0 aliphatic rings. The third-order valence-corrected chi connectivity index (χ3v) is 3.13. The van der Waals surface area contributed by atoms with Crippen molar-refractivity contribution in [1.82, 2.24) is 4.98 Å². The SMILES string of the molecule is CCc1ccc(Cc2ccc(NC(C)=O)[nH]c2=O)cc1. The number of hydrogen-bond acceptors (Lipinski definition) is 2. The Labute approximate surface area is 117 Å². The maximum atomic E-state index is 11.9. The number of pyridine rings is 1. The van der Waals surface area contributed by atoms with Gasteiger partial charge in [0.15, 0.2) is 0 Å². The van der Waals surface area contributed by atoms with E-state index >= 15 is 0 Å². The average Bonchev–Trinajstić information content (AvgIpc) is 2.42. The molecule has 0 atom stereocenters. The van der Waals surface area contributed by atoms with Crippen LogP contribution >= 0.6 is 0 Å². The Bertz CT molecular complexity index is 657. The number of carbonyl (C=O) groups excluding carboxylic acids is 1. The predicted octanol–water partition coefficient (Wildman–Crippen LogP) is 2.49. The van der Waals surface area contributed by atoms with E-state index in [1.165, 1.54) is 12.5 Å². The minimum absolute atomic E-state index is 0.171. The van der Waals surface area contributed by atoms with Crippen LogP contribution in [-0.4, -0.2) is 10.9 Å². The Hall–Kier alpha value is -2.36. The zero-order valence-corrected chi connectivity index (χ0v) is 11.7. The number of aromatic amines is 1. The van der Waals surface area contributed by atoms with Crippen molar-refractivity contribution in [2.75, 3.05) is 5.32 Å². The molecule has 1 amide bonds. The fraction of sp³-hybridized carbons (Fsp3) is 0.250. The topological polar surface area (TPSA) is 62.0 Å². The van der Waals surface area contributed by atoms with Gasteiger partial charge in [0.05, 0.1) is 0 Å². The quantitative estimate of drug-likeness (QED) is 0.896. The van der Waals surface area contributed by atoms with Crippen LogP contribution in [0.25, 0.3) is 0 Å². The number of aromatic nitrogens is 1. The maximum absolute atomic E-state index is 11.9. The van der Waals surface area contributed by atoms with Crippen LogP contribution in [0.15, 0.2) is 41.2 Å². The molecule has 2 aromatic rings. The highest BCUT2D eigenvalue weighted by Gasteiger charge is 2.04. The van der Waals surface area contributed by atoms with Crippen molar-refractivity contribution in [3.05, 3.63) is 63.4 Å². The van der Waals surface area contributed by atoms with E-state index in [-0.39, 0.29) is 11.5 Å². The Morgan fingerprint density at radius 1 is 1.10 bits per heavy atom. The van der Waals surface area contributed by atoms with Gasteiger partial charge in [0.2, 0.25) is 5.91 Å². The molecule has 0 saturated heterocycles. The van der Waals surface area contributed by atoms with E-state index in [4.69, 9.17) is 0 Å². The molecule has 0 aliphatic heterocycles. The van der Waals surface area contributed by atoms with Gasteiger partial charge in [-0.05, 0) is 29.7 Å². The number of anilines is 1. The number of rotatable bonds is 4. The minimum Gasteiger partial charge on any atom is -0.312 e. The number of carbonyl (C=O) groups is 1. The van der Waals surface area contributed by atoms with Crippen LogP contribution in [0.1, 0.15) is 30.5 Å². The first-order valence-corrected chi connectivity index (χ1v) is 6.66. The van der Waals surface area contributed by atoms with Gasteiger partial charge in [-0.1, -0.05) is 31.2 Å². The summed E-state index contributed by atoms with van der Waals surface area (Å²) in [6, 6.07) is 11.7. The summed E-state index contributed by atoms with van der Waals surface area (Å²) in [6.45, 7) is 3.52.